The highest BCUT2D eigenvalue weighted by atomic mass is 79.9. The van der Waals surface area contributed by atoms with Crippen LogP contribution < -0.4 is 0 Å². The Bertz CT molecular complexity index is 809. The minimum Gasteiger partial charge on any atom is -0.296 e. The summed E-state index contributed by atoms with van der Waals surface area (Å²) in [5, 5.41) is 0. The van der Waals surface area contributed by atoms with Crippen LogP contribution in [0.3, 0.4) is 0 Å². The molecule has 1 aliphatic carbocycles. The number of imidazole rings is 1. The molecule has 3 rings (SSSR count). The molecule has 0 unspecified atom stereocenters. The molecule has 0 amide bonds. The van der Waals surface area contributed by atoms with Crippen molar-refractivity contribution < 1.29 is 9.59 Å². The van der Waals surface area contributed by atoms with E-state index in [0.717, 1.165) is 0 Å². The first-order valence-electron chi connectivity index (χ1n) is 6.75. The molecule has 2 heterocycles. The van der Waals surface area contributed by atoms with Crippen molar-refractivity contribution in [1.82, 2.24) is 9.38 Å². The Morgan fingerprint density at radius 1 is 1.19 bits per heavy atom. The van der Waals surface area contributed by atoms with Crippen LogP contribution in [-0.4, -0.2) is 21.0 Å². The average Bonchev–Trinajstić information content (AvgIpc) is 2.80. The molecule has 0 bridgehead atoms. The fourth-order valence-electron chi connectivity index (χ4n) is 2.54. The molecule has 0 spiro atoms. The molecule has 4 nitrogen and oxygen atoms in total. The van der Waals surface area contributed by atoms with Crippen molar-refractivity contribution in [3.8, 4) is 0 Å². The number of halogens is 1. The van der Waals surface area contributed by atoms with Crippen molar-refractivity contribution in [3.05, 3.63) is 41.4 Å². The zero-order valence-electron chi connectivity index (χ0n) is 12.1. The van der Waals surface area contributed by atoms with Crippen molar-refractivity contribution in [2.75, 3.05) is 0 Å². The van der Waals surface area contributed by atoms with Crippen LogP contribution in [0.4, 0.5) is 0 Å². The zero-order chi connectivity index (χ0) is 15.4. The van der Waals surface area contributed by atoms with Gasteiger partial charge in [0.1, 0.15) is 17.0 Å². The maximum Gasteiger partial charge on any atom is 0.252 e. The minimum absolute atomic E-state index is 0.0824. The topological polar surface area (TPSA) is 51.4 Å². The molecule has 5 heteroatoms. The van der Waals surface area contributed by atoms with Gasteiger partial charge in [-0.3, -0.25) is 14.0 Å². The fraction of sp³-hybridized carbons (Fsp3) is 0.312. The van der Waals surface area contributed by atoms with Crippen LogP contribution in [0, 0.1) is 5.41 Å². The van der Waals surface area contributed by atoms with Crippen molar-refractivity contribution >= 4 is 37.6 Å². The van der Waals surface area contributed by atoms with Gasteiger partial charge in [0.25, 0.3) is 5.78 Å². The van der Waals surface area contributed by atoms with Crippen LogP contribution >= 0.6 is 15.9 Å². The summed E-state index contributed by atoms with van der Waals surface area (Å²) in [5.41, 5.74) is 2.01. The van der Waals surface area contributed by atoms with E-state index in [1.807, 2.05) is 39.0 Å². The third-order valence-corrected chi connectivity index (χ3v) is 4.26. The largest absolute Gasteiger partial charge is 0.296 e. The van der Waals surface area contributed by atoms with Gasteiger partial charge < -0.3 is 0 Å². The molecule has 0 fully saturated rings. The van der Waals surface area contributed by atoms with Crippen molar-refractivity contribution in [1.29, 1.82) is 0 Å². The number of hydrogen-bond donors (Lipinski definition) is 0. The van der Waals surface area contributed by atoms with Gasteiger partial charge in [0.15, 0.2) is 0 Å². The Balaban J connectivity index is 2.27. The van der Waals surface area contributed by atoms with Crippen LogP contribution in [0.2, 0.25) is 0 Å². The number of fused-ring (bicyclic) bond motifs is 3. The normalized spacial score (nSPS) is 15.8. The highest BCUT2D eigenvalue weighted by Crippen LogP contribution is 2.38. The standard InChI is InChI=1S/C16H15BrN2O2/c1-16(2,3)8-9-11(17)12-13(15(21)14(9)20)19-7-5-4-6-10(19)18-12/h4-7H,8H2,1-3H3. The van der Waals surface area contributed by atoms with E-state index in [1.54, 1.807) is 10.6 Å². The lowest BCUT2D eigenvalue weighted by Crippen LogP contribution is -2.26. The highest BCUT2D eigenvalue weighted by Gasteiger charge is 2.37. The highest BCUT2D eigenvalue weighted by molar-refractivity contribution is 9.15. The maximum atomic E-state index is 12.5. The van der Waals surface area contributed by atoms with Crippen LogP contribution in [0.25, 0.3) is 10.1 Å². The zero-order valence-corrected chi connectivity index (χ0v) is 13.7. The Kier molecular flexibility index (Phi) is 3.13. The Labute approximate surface area is 131 Å². The summed E-state index contributed by atoms with van der Waals surface area (Å²) in [4.78, 5) is 29.4. The number of aromatic nitrogens is 2. The number of carbonyl (C=O) groups excluding carboxylic acids is 2. The molecule has 0 radical (unpaired) electrons. The Morgan fingerprint density at radius 2 is 1.90 bits per heavy atom. The molecule has 2 aromatic rings. The van der Waals surface area contributed by atoms with E-state index in [-0.39, 0.29) is 5.41 Å². The Morgan fingerprint density at radius 3 is 2.57 bits per heavy atom. The predicted octanol–water partition coefficient (Wildman–Crippen LogP) is 3.64. The lowest BCUT2D eigenvalue weighted by atomic mass is 9.83. The number of Topliss-reactive ketones (excluding diaryl/α,β-unsaturated/α-hetero) is 2. The first-order chi connectivity index (χ1) is 9.79. The van der Waals surface area contributed by atoms with Gasteiger partial charge in [-0.15, -0.1) is 0 Å². The van der Waals surface area contributed by atoms with Gasteiger partial charge >= 0.3 is 0 Å². The smallest absolute Gasteiger partial charge is 0.252 e. The number of carbonyl (C=O) groups is 2. The summed E-state index contributed by atoms with van der Waals surface area (Å²) < 4.78 is 2.31. The van der Waals surface area contributed by atoms with Crippen molar-refractivity contribution in [2.45, 2.75) is 27.2 Å². The van der Waals surface area contributed by atoms with Crippen LogP contribution in [0.5, 0.6) is 0 Å². The van der Waals surface area contributed by atoms with Gasteiger partial charge in [-0.05, 0) is 39.9 Å². The van der Waals surface area contributed by atoms with Crippen molar-refractivity contribution in [2.24, 2.45) is 5.41 Å². The molecular formula is C16H15BrN2O2. The molecule has 0 aromatic carbocycles. The number of hydrogen-bond acceptors (Lipinski definition) is 3. The maximum absolute atomic E-state index is 12.5. The van der Waals surface area contributed by atoms with E-state index < -0.39 is 11.6 Å². The van der Waals surface area contributed by atoms with Gasteiger partial charge in [0.05, 0.1) is 4.48 Å². The monoisotopic (exact) mass is 346 g/mol. The van der Waals surface area contributed by atoms with Gasteiger partial charge in [-0.2, -0.15) is 0 Å². The van der Waals surface area contributed by atoms with Crippen LogP contribution in [0.1, 0.15) is 43.4 Å². The lowest BCUT2D eigenvalue weighted by molar-refractivity contribution is -0.112. The third-order valence-electron chi connectivity index (χ3n) is 3.41. The molecule has 0 N–H and O–H groups in total. The summed E-state index contributed by atoms with van der Waals surface area (Å²) in [6.07, 6.45) is 2.28. The summed E-state index contributed by atoms with van der Waals surface area (Å²) in [5.74, 6) is -0.916. The number of pyridine rings is 1. The molecule has 0 saturated heterocycles. The van der Waals surface area contributed by atoms with E-state index in [4.69, 9.17) is 0 Å². The molecule has 2 aromatic heterocycles. The number of ketones is 2. The molecule has 0 saturated carbocycles. The molecule has 21 heavy (non-hydrogen) atoms. The number of allylic oxidation sites excluding steroid dienone is 1. The van der Waals surface area contributed by atoms with Crippen molar-refractivity contribution in [3.63, 3.8) is 0 Å². The van der Waals surface area contributed by atoms with E-state index in [1.165, 1.54) is 0 Å². The van der Waals surface area contributed by atoms with Gasteiger partial charge in [-0.1, -0.05) is 26.8 Å². The number of rotatable bonds is 1. The summed E-state index contributed by atoms with van der Waals surface area (Å²) in [6.45, 7) is 6.12. The van der Waals surface area contributed by atoms with E-state index in [2.05, 4.69) is 20.9 Å². The molecule has 108 valence electrons. The molecule has 1 aliphatic rings. The average molecular weight is 347 g/mol. The van der Waals surface area contributed by atoms with E-state index >= 15 is 0 Å². The van der Waals surface area contributed by atoms with Crippen LogP contribution in [0.15, 0.2) is 30.0 Å². The molecule has 0 atom stereocenters. The molecular weight excluding hydrogens is 332 g/mol. The second-order valence-corrected chi connectivity index (χ2v) is 7.22. The van der Waals surface area contributed by atoms with E-state index in [9.17, 15) is 9.59 Å². The van der Waals surface area contributed by atoms with Gasteiger partial charge in [0, 0.05) is 11.8 Å². The van der Waals surface area contributed by atoms with E-state index in [0.29, 0.717) is 33.5 Å². The Hall–Kier alpha value is -1.75. The lowest BCUT2D eigenvalue weighted by Gasteiger charge is -2.22. The third kappa shape index (κ3) is 2.25. The molecule has 0 aliphatic heterocycles. The van der Waals surface area contributed by atoms with Crippen LogP contribution in [-0.2, 0) is 4.79 Å². The summed E-state index contributed by atoms with van der Waals surface area (Å²) in [6, 6.07) is 5.49. The second kappa shape index (κ2) is 4.63. The SMILES string of the molecule is CC(C)(C)CC1=C(Br)c2nc3ccccn3c2C(=O)C1=O. The predicted molar refractivity (Wildman–Crippen MR) is 84.4 cm³/mol. The minimum atomic E-state index is -0.480. The van der Waals surface area contributed by atoms with Gasteiger partial charge in [0.2, 0.25) is 5.78 Å². The first kappa shape index (κ1) is 14.2. The quantitative estimate of drug-likeness (QED) is 0.740. The fourth-order valence-corrected chi connectivity index (χ4v) is 3.14. The second-order valence-electron chi connectivity index (χ2n) is 6.43. The van der Waals surface area contributed by atoms with Gasteiger partial charge in [-0.25, -0.2) is 4.98 Å². The summed E-state index contributed by atoms with van der Waals surface area (Å²) in [7, 11) is 0. The first-order valence-corrected chi connectivity index (χ1v) is 7.54. The summed E-state index contributed by atoms with van der Waals surface area (Å²) >= 11 is 3.48. The number of nitrogens with zero attached hydrogens (tertiary/aromatic N) is 2.